The second-order valence-corrected chi connectivity index (χ2v) is 6.11. The van der Waals surface area contributed by atoms with Crippen molar-refractivity contribution in [1.82, 2.24) is 10.3 Å². The lowest BCUT2D eigenvalue weighted by molar-refractivity contribution is -0.122. The molecule has 0 radical (unpaired) electrons. The minimum atomic E-state index is -0.482. The maximum absolute atomic E-state index is 12.2. The first-order valence-corrected chi connectivity index (χ1v) is 7.24. The fourth-order valence-corrected chi connectivity index (χ4v) is 2.47. The van der Waals surface area contributed by atoms with Gasteiger partial charge in [0.2, 0.25) is 5.91 Å². The van der Waals surface area contributed by atoms with E-state index in [1.54, 1.807) is 6.20 Å². The zero-order valence-electron chi connectivity index (χ0n) is 11.6. The summed E-state index contributed by atoms with van der Waals surface area (Å²) in [5.74, 6) is -0.0150. The zero-order valence-corrected chi connectivity index (χ0v) is 13.1. The molecule has 1 aromatic heterocycles. The van der Waals surface area contributed by atoms with E-state index in [-0.39, 0.29) is 5.91 Å². The monoisotopic (exact) mass is 332 g/mol. The SMILES string of the molecule is CC(C)(NC(=O)Cc1cccc(Br)c1)c1ccccn1. The number of benzene rings is 1. The molecule has 2 aromatic rings. The summed E-state index contributed by atoms with van der Waals surface area (Å²) in [7, 11) is 0. The predicted octanol–water partition coefficient (Wildman–Crippen LogP) is 3.44. The van der Waals surface area contributed by atoms with Crippen molar-refractivity contribution in [2.75, 3.05) is 0 Å². The van der Waals surface area contributed by atoms with Crippen molar-refractivity contribution in [2.24, 2.45) is 0 Å². The number of rotatable bonds is 4. The molecule has 0 spiro atoms. The van der Waals surface area contributed by atoms with Crippen molar-refractivity contribution in [3.63, 3.8) is 0 Å². The van der Waals surface area contributed by atoms with Gasteiger partial charge < -0.3 is 5.32 Å². The zero-order chi connectivity index (χ0) is 14.6. The molecule has 20 heavy (non-hydrogen) atoms. The van der Waals surface area contributed by atoms with E-state index in [0.29, 0.717) is 6.42 Å². The molecule has 0 aliphatic rings. The summed E-state index contributed by atoms with van der Waals surface area (Å²) in [6.45, 7) is 3.91. The molecule has 0 fully saturated rings. The minimum absolute atomic E-state index is 0.0150. The van der Waals surface area contributed by atoms with Crippen LogP contribution >= 0.6 is 15.9 Å². The normalized spacial score (nSPS) is 11.2. The number of pyridine rings is 1. The molecule has 1 N–H and O–H groups in total. The molecule has 1 heterocycles. The number of amides is 1. The number of carbonyl (C=O) groups is 1. The molecule has 0 saturated carbocycles. The lowest BCUT2D eigenvalue weighted by Gasteiger charge is -2.25. The standard InChI is InChI=1S/C16H17BrN2O/c1-16(2,14-8-3-4-9-18-14)19-15(20)11-12-6-5-7-13(17)10-12/h3-10H,11H2,1-2H3,(H,19,20). The summed E-state index contributed by atoms with van der Waals surface area (Å²) in [5, 5.41) is 3.02. The van der Waals surface area contributed by atoms with Gasteiger partial charge in [0.05, 0.1) is 17.7 Å². The van der Waals surface area contributed by atoms with E-state index >= 15 is 0 Å². The van der Waals surface area contributed by atoms with E-state index in [4.69, 9.17) is 0 Å². The van der Waals surface area contributed by atoms with Crippen LogP contribution in [-0.2, 0) is 16.8 Å². The average Bonchev–Trinajstić information content (AvgIpc) is 2.39. The maximum atomic E-state index is 12.2. The maximum Gasteiger partial charge on any atom is 0.225 e. The Hall–Kier alpha value is -1.68. The van der Waals surface area contributed by atoms with E-state index in [1.807, 2.05) is 56.3 Å². The molecule has 1 aromatic carbocycles. The molecule has 0 unspecified atom stereocenters. The van der Waals surface area contributed by atoms with Crippen molar-refractivity contribution in [1.29, 1.82) is 0 Å². The summed E-state index contributed by atoms with van der Waals surface area (Å²) in [6, 6.07) is 13.5. The molecule has 0 atom stereocenters. The molecular weight excluding hydrogens is 316 g/mol. The van der Waals surface area contributed by atoms with Crippen molar-refractivity contribution in [2.45, 2.75) is 25.8 Å². The molecule has 3 nitrogen and oxygen atoms in total. The van der Waals surface area contributed by atoms with E-state index in [9.17, 15) is 4.79 Å². The highest BCUT2D eigenvalue weighted by atomic mass is 79.9. The van der Waals surface area contributed by atoms with Gasteiger partial charge in [-0.1, -0.05) is 34.1 Å². The lowest BCUT2D eigenvalue weighted by Crippen LogP contribution is -2.42. The number of halogens is 1. The Labute approximate surface area is 127 Å². The molecule has 0 aliphatic carbocycles. The predicted molar refractivity (Wildman–Crippen MR) is 83.3 cm³/mol. The highest BCUT2D eigenvalue weighted by Crippen LogP contribution is 2.18. The average molecular weight is 333 g/mol. The summed E-state index contributed by atoms with van der Waals surface area (Å²) < 4.78 is 0.979. The minimum Gasteiger partial charge on any atom is -0.345 e. The third-order valence-corrected chi connectivity index (χ3v) is 3.50. The van der Waals surface area contributed by atoms with Gasteiger partial charge in [0, 0.05) is 10.7 Å². The number of aromatic nitrogens is 1. The molecule has 0 aliphatic heterocycles. The Bertz CT molecular complexity index is 596. The van der Waals surface area contributed by atoms with Crippen LogP contribution in [0.5, 0.6) is 0 Å². The Morgan fingerprint density at radius 3 is 2.70 bits per heavy atom. The van der Waals surface area contributed by atoms with Crippen LogP contribution in [-0.4, -0.2) is 10.9 Å². The van der Waals surface area contributed by atoms with Gasteiger partial charge in [0.1, 0.15) is 0 Å². The van der Waals surface area contributed by atoms with Crippen LogP contribution < -0.4 is 5.32 Å². The van der Waals surface area contributed by atoms with Gasteiger partial charge in [0.25, 0.3) is 0 Å². The number of nitrogens with zero attached hydrogens (tertiary/aromatic N) is 1. The molecule has 0 saturated heterocycles. The van der Waals surface area contributed by atoms with Crippen LogP contribution in [0.1, 0.15) is 25.1 Å². The van der Waals surface area contributed by atoms with Gasteiger partial charge in [0.15, 0.2) is 0 Å². The van der Waals surface area contributed by atoms with Gasteiger partial charge in [-0.2, -0.15) is 0 Å². The van der Waals surface area contributed by atoms with Crippen LogP contribution in [0, 0.1) is 0 Å². The first kappa shape index (κ1) is 14.7. The first-order valence-electron chi connectivity index (χ1n) is 6.44. The van der Waals surface area contributed by atoms with Gasteiger partial charge >= 0.3 is 0 Å². The fourth-order valence-electron chi connectivity index (χ4n) is 2.02. The van der Waals surface area contributed by atoms with Crippen LogP contribution in [0.15, 0.2) is 53.1 Å². The second-order valence-electron chi connectivity index (χ2n) is 5.19. The van der Waals surface area contributed by atoms with Crippen molar-refractivity contribution >= 4 is 21.8 Å². The third kappa shape index (κ3) is 3.90. The highest BCUT2D eigenvalue weighted by molar-refractivity contribution is 9.10. The van der Waals surface area contributed by atoms with Crippen molar-refractivity contribution in [3.8, 4) is 0 Å². The van der Waals surface area contributed by atoms with Gasteiger partial charge in [-0.05, 0) is 43.7 Å². The smallest absolute Gasteiger partial charge is 0.225 e. The second kappa shape index (κ2) is 6.18. The number of hydrogen-bond donors (Lipinski definition) is 1. The molecule has 104 valence electrons. The summed E-state index contributed by atoms with van der Waals surface area (Å²) in [6.07, 6.45) is 2.09. The third-order valence-electron chi connectivity index (χ3n) is 3.01. The van der Waals surface area contributed by atoms with Gasteiger partial charge in [-0.25, -0.2) is 0 Å². The first-order chi connectivity index (χ1) is 9.47. The summed E-state index contributed by atoms with van der Waals surface area (Å²) in [4.78, 5) is 16.5. The van der Waals surface area contributed by atoms with Crippen LogP contribution in [0.3, 0.4) is 0 Å². The molecular formula is C16H17BrN2O. The Morgan fingerprint density at radius 1 is 1.25 bits per heavy atom. The number of hydrogen-bond acceptors (Lipinski definition) is 2. The summed E-state index contributed by atoms with van der Waals surface area (Å²) in [5.41, 5.74) is 1.35. The Balaban J connectivity index is 2.04. The van der Waals surface area contributed by atoms with Crippen LogP contribution in [0.25, 0.3) is 0 Å². The quantitative estimate of drug-likeness (QED) is 0.931. The molecule has 4 heteroatoms. The Kier molecular flexibility index (Phi) is 4.55. The Morgan fingerprint density at radius 2 is 2.05 bits per heavy atom. The van der Waals surface area contributed by atoms with E-state index in [1.165, 1.54) is 0 Å². The molecule has 1 amide bonds. The van der Waals surface area contributed by atoms with Crippen LogP contribution in [0.2, 0.25) is 0 Å². The molecule has 2 rings (SSSR count). The van der Waals surface area contributed by atoms with Gasteiger partial charge in [-0.15, -0.1) is 0 Å². The molecule has 0 bridgehead atoms. The lowest BCUT2D eigenvalue weighted by atomic mass is 9.99. The number of nitrogens with one attached hydrogen (secondary N) is 1. The van der Waals surface area contributed by atoms with E-state index in [0.717, 1.165) is 15.7 Å². The van der Waals surface area contributed by atoms with Crippen LogP contribution in [0.4, 0.5) is 0 Å². The highest BCUT2D eigenvalue weighted by Gasteiger charge is 2.23. The fraction of sp³-hybridized carbons (Fsp3) is 0.250. The van der Waals surface area contributed by atoms with E-state index in [2.05, 4.69) is 26.2 Å². The van der Waals surface area contributed by atoms with Gasteiger partial charge in [-0.3, -0.25) is 9.78 Å². The number of carbonyl (C=O) groups excluding carboxylic acids is 1. The largest absolute Gasteiger partial charge is 0.345 e. The van der Waals surface area contributed by atoms with E-state index < -0.39 is 5.54 Å². The van der Waals surface area contributed by atoms with Crippen molar-refractivity contribution in [3.05, 3.63) is 64.4 Å². The summed E-state index contributed by atoms with van der Waals surface area (Å²) >= 11 is 3.41. The van der Waals surface area contributed by atoms with Crippen molar-refractivity contribution < 1.29 is 4.79 Å². The topological polar surface area (TPSA) is 42.0 Å².